The first kappa shape index (κ1) is 15.4. The first-order valence-corrected chi connectivity index (χ1v) is 7.13. The summed E-state index contributed by atoms with van der Waals surface area (Å²) >= 11 is 3.15. The Morgan fingerprint density at radius 3 is 2.67 bits per heavy atom. The average Bonchev–Trinajstić information content (AvgIpc) is 2.46. The summed E-state index contributed by atoms with van der Waals surface area (Å²) in [5, 5.41) is 10.9. The number of hydrogen-bond donors (Lipinski definition) is 0. The maximum atomic E-state index is 11.9. The van der Waals surface area contributed by atoms with Crippen molar-refractivity contribution in [3.05, 3.63) is 32.8 Å². The minimum atomic E-state index is -0.565. The number of Topliss-reactive ketones (excluding diaryl/α,β-unsaturated/α-hetero) is 1. The average molecular weight is 357 g/mol. The first-order chi connectivity index (χ1) is 9.97. The molecule has 1 fully saturated rings. The van der Waals surface area contributed by atoms with Crippen LogP contribution in [0.15, 0.2) is 22.7 Å². The first-order valence-electron chi connectivity index (χ1n) is 6.33. The Morgan fingerprint density at radius 1 is 1.38 bits per heavy atom. The zero-order valence-corrected chi connectivity index (χ0v) is 12.7. The second-order valence-corrected chi connectivity index (χ2v) is 5.49. The number of hydrogen-bond acceptors (Lipinski definition) is 5. The number of carbonyl (C=O) groups is 2. The minimum Gasteiger partial charge on any atom is -0.477 e. The highest BCUT2D eigenvalue weighted by molar-refractivity contribution is 9.10. The lowest BCUT2D eigenvalue weighted by Crippen LogP contribution is -2.41. The zero-order chi connectivity index (χ0) is 15.4. The van der Waals surface area contributed by atoms with E-state index in [0.29, 0.717) is 30.4 Å². The molecule has 0 unspecified atom stereocenters. The Morgan fingerprint density at radius 2 is 2.05 bits per heavy atom. The van der Waals surface area contributed by atoms with Crippen LogP contribution >= 0.6 is 15.9 Å². The molecule has 1 saturated heterocycles. The molecule has 0 aliphatic carbocycles. The van der Waals surface area contributed by atoms with E-state index in [1.165, 1.54) is 17.0 Å². The maximum Gasteiger partial charge on any atom is 0.312 e. The van der Waals surface area contributed by atoms with Crippen LogP contribution in [0.3, 0.4) is 0 Å². The number of ether oxygens (including phenoxy) is 1. The molecule has 8 heteroatoms. The predicted octanol–water partition coefficient (Wildman–Crippen LogP) is 1.93. The normalized spacial score (nSPS) is 14.9. The van der Waals surface area contributed by atoms with Crippen LogP contribution in [-0.4, -0.2) is 41.2 Å². The number of halogens is 1. The Kier molecular flexibility index (Phi) is 4.89. The lowest BCUT2D eigenvalue weighted by molar-refractivity contribution is -0.385. The summed E-state index contributed by atoms with van der Waals surface area (Å²) in [7, 11) is 0. The lowest BCUT2D eigenvalue weighted by Gasteiger charge is -2.25. The van der Waals surface area contributed by atoms with Crippen molar-refractivity contribution in [3.8, 4) is 5.75 Å². The lowest BCUT2D eigenvalue weighted by atomic mass is 10.1. The molecule has 0 saturated carbocycles. The molecule has 1 aromatic rings. The third-order valence-corrected chi connectivity index (χ3v) is 3.64. The molecule has 1 amide bonds. The minimum absolute atomic E-state index is 0.0460. The van der Waals surface area contributed by atoms with Crippen molar-refractivity contribution in [3.63, 3.8) is 0 Å². The summed E-state index contributed by atoms with van der Waals surface area (Å²) in [5.74, 6) is -0.0899. The van der Waals surface area contributed by atoms with Gasteiger partial charge in [-0.2, -0.15) is 0 Å². The molecule has 2 rings (SSSR count). The summed E-state index contributed by atoms with van der Waals surface area (Å²) in [5.41, 5.74) is -0.203. The highest BCUT2D eigenvalue weighted by Crippen LogP contribution is 2.30. The fourth-order valence-electron chi connectivity index (χ4n) is 1.99. The van der Waals surface area contributed by atoms with E-state index in [1.54, 1.807) is 6.07 Å². The van der Waals surface area contributed by atoms with Crippen LogP contribution in [0.2, 0.25) is 0 Å². The van der Waals surface area contributed by atoms with Crippen molar-refractivity contribution < 1.29 is 19.2 Å². The van der Waals surface area contributed by atoms with Gasteiger partial charge in [0.1, 0.15) is 5.78 Å². The van der Waals surface area contributed by atoms with Gasteiger partial charge in [0.05, 0.1) is 4.92 Å². The molecule has 21 heavy (non-hydrogen) atoms. The quantitative estimate of drug-likeness (QED) is 0.607. The number of nitrogens with zero attached hydrogens (tertiary/aromatic N) is 2. The van der Waals surface area contributed by atoms with E-state index in [4.69, 9.17) is 4.74 Å². The second kappa shape index (κ2) is 6.66. The molecule has 0 radical (unpaired) electrons. The molecule has 1 aliphatic heterocycles. The molecule has 112 valence electrons. The molecule has 0 spiro atoms. The van der Waals surface area contributed by atoms with Crippen LogP contribution in [0.4, 0.5) is 5.69 Å². The van der Waals surface area contributed by atoms with E-state index in [0.717, 1.165) is 0 Å². The molecule has 1 aromatic carbocycles. The van der Waals surface area contributed by atoms with Gasteiger partial charge in [0.2, 0.25) is 0 Å². The van der Waals surface area contributed by atoms with Gasteiger partial charge in [0.15, 0.2) is 12.4 Å². The summed E-state index contributed by atoms with van der Waals surface area (Å²) in [6.07, 6.45) is 0.703. The maximum absolute atomic E-state index is 11.9. The van der Waals surface area contributed by atoms with E-state index < -0.39 is 4.92 Å². The number of nitro benzene ring substituents is 1. The van der Waals surface area contributed by atoms with Crippen molar-refractivity contribution >= 4 is 33.3 Å². The Hall–Kier alpha value is -1.96. The number of amides is 1. The van der Waals surface area contributed by atoms with E-state index in [-0.39, 0.29) is 29.7 Å². The SMILES string of the molecule is O=C1CCN(C(=O)COc2ccc(Br)cc2[N+](=O)[O-])CC1. The highest BCUT2D eigenvalue weighted by Gasteiger charge is 2.22. The van der Waals surface area contributed by atoms with E-state index >= 15 is 0 Å². The van der Waals surface area contributed by atoms with Gasteiger partial charge in [-0.15, -0.1) is 0 Å². The van der Waals surface area contributed by atoms with Crippen molar-refractivity contribution in [1.29, 1.82) is 0 Å². The van der Waals surface area contributed by atoms with Gasteiger partial charge >= 0.3 is 5.69 Å². The molecule has 0 aromatic heterocycles. The molecular formula is C13H13BrN2O5. The molecule has 0 bridgehead atoms. The summed E-state index contributed by atoms with van der Waals surface area (Å²) in [4.78, 5) is 34.9. The van der Waals surface area contributed by atoms with Crippen molar-refractivity contribution in [2.75, 3.05) is 19.7 Å². The molecular weight excluding hydrogens is 344 g/mol. The fourth-order valence-corrected chi connectivity index (χ4v) is 2.34. The van der Waals surface area contributed by atoms with E-state index in [2.05, 4.69) is 15.9 Å². The summed E-state index contributed by atoms with van der Waals surface area (Å²) in [6.45, 7) is 0.476. The smallest absolute Gasteiger partial charge is 0.312 e. The van der Waals surface area contributed by atoms with Gasteiger partial charge in [-0.3, -0.25) is 19.7 Å². The van der Waals surface area contributed by atoms with E-state index in [1.807, 2.05) is 0 Å². The summed E-state index contributed by atoms with van der Waals surface area (Å²) < 4.78 is 5.81. The standard InChI is InChI=1S/C13H13BrN2O5/c14-9-1-2-12(11(7-9)16(19)20)21-8-13(18)15-5-3-10(17)4-6-15/h1-2,7H,3-6,8H2. The molecule has 0 atom stereocenters. The molecule has 1 heterocycles. The Labute approximate surface area is 129 Å². The van der Waals surface area contributed by atoms with Crippen LogP contribution in [-0.2, 0) is 9.59 Å². The fraction of sp³-hybridized carbons (Fsp3) is 0.385. The molecule has 1 aliphatic rings. The van der Waals surface area contributed by atoms with Gasteiger partial charge in [-0.05, 0) is 12.1 Å². The van der Waals surface area contributed by atoms with Crippen molar-refractivity contribution in [2.24, 2.45) is 0 Å². The van der Waals surface area contributed by atoms with Crippen LogP contribution < -0.4 is 4.74 Å². The predicted molar refractivity (Wildman–Crippen MR) is 77.1 cm³/mol. The highest BCUT2D eigenvalue weighted by atomic mass is 79.9. The number of rotatable bonds is 4. The number of benzene rings is 1. The second-order valence-electron chi connectivity index (χ2n) is 4.58. The zero-order valence-electron chi connectivity index (χ0n) is 11.1. The number of nitro groups is 1. The summed E-state index contributed by atoms with van der Waals surface area (Å²) in [6, 6.07) is 4.36. The van der Waals surface area contributed by atoms with E-state index in [9.17, 15) is 19.7 Å². The van der Waals surface area contributed by atoms with Gasteiger partial charge in [-0.1, -0.05) is 15.9 Å². The van der Waals surface area contributed by atoms with Crippen LogP contribution in [0.5, 0.6) is 5.75 Å². The number of piperidine rings is 1. The third-order valence-electron chi connectivity index (χ3n) is 3.14. The number of likely N-dealkylation sites (tertiary alicyclic amines) is 1. The Balaban J connectivity index is 1.98. The van der Waals surface area contributed by atoms with Crippen LogP contribution in [0, 0.1) is 10.1 Å². The van der Waals surface area contributed by atoms with Crippen molar-refractivity contribution in [1.82, 2.24) is 4.90 Å². The third kappa shape index (κ3) is 4.01. The molecule has 7 nitrogen and oxygen atoms in total. The number of ketones is 1. The van der Waals surface area contributed by atoms with Gasteiger partial charge < -0.3 is 9.64 Å². The topological polar surface area (TPSA) is 89.8 Å². The van der Waals surface area contributed by atoms with Crippen LogP contribution in [0.1, 0.15) is 12.8 Å². The Bertz CT molecular complexity index is 580. The number of carbonyl (C=O) groups excluding carboxylic acids is 2. The molecule has 0 N–H and O–H groups in total. The van der Waals surface area contributed by atoms with Crippen molar-refractivity contribution in [2.45, 2.75) is 12.8 Å². The van der Waals surface area contributed by atoms with Crippen LogP contribution in [0.25, 0.3) is 0 Å². The van der Waals surface area contributed by atoms with Gasteiger partial charge in [0, 0.05) is 36.5 Å². The van der Waals surface area contributed by atoms with Gasteiger partial charge in [0.25, 0.3) is 5.91 Å². The largest absolute Gasteiger partial charge is 0.477 e. The monoisotopic (exact) mass is 356 g/mol. The van der Waals surface area contributed by atoms with Gasteiger partial charge in [-0.25, -0.2) is 0 Å².